The van der Waals surface area contributed by atoms with Crippen molar-refractivity contribution in [3.63, 3.8) is 0 Å². The topological polar surface area (TPSA) is 72.9 Å². The summed E-state index contributed by atoms with van der Waals surface area (Å²) >= 11 is 0. The van der Waals surface area contributed by atoms with Crippen LogP contribution < -0.4 is 0 Å². The lowest BCUT2D eigenvalue weighted by Gasteiger charge is -2.27. The van der Waals surface area contributed by atoms with Gasteiger partial charge in [-0.1, -0.05) is 30.3 Å². The summed E-state index contributed by atoms with van der Waals surface area (Å²) in [6.07, 6.45) is -1.66. The summed E-state index contributed by atoms with van der Waals surface area (Å²) in [6, 6.07) is 9.34. The molecule has 0 heterocycles. The summed E-state index contributed by atoms with van der Waals surface area (Å²) in [5, 5.41) is 0. The van der Waals surface area contributed by atoms with E-state index in [0.717, 1.165) is 5.56 Å². The molecule has 0 saturated carbocycles. The van der Waals surface area contributed by atoms with E-state index in [-0.39, 0.29) is 6.42 Å². The lowest BCUT2D eigenvalue weighted by Crippen LogP contribution is -2.47. The quantitative estimate of drug-likeness (QED) is 0.812. The Hall–Kier alpha value is -2.37. The highest BCUT2D eigenvalue weighted by molar-refractivity contribution is 6.06. The van der Waals surface area contributed by atoms with Gasteiger partial charge in [0.2, 0.25) is 5.91 Å². The Morgan fingerprint density at radius 2 is 1.28 bits per heavy atom. The zero-order valence-corrected chi connectivity index (χ0v) is 15.8. The van der Waals surface area contributed by atoms with Crippen molar-refractivity contribution in [3.8, 4) is 0 Å². The molecule has 0 spiro atoms. The molecule has 1 aromatic carbocycles. The van der Waals surface area contributed by atoms with Crippen LogP contribution >= 0.6 is 0 Å². The molecular formula is C19H27NO5. The number of hydrogen-bond donors (Lipinski definition) is 0. The molecule has 0 N–H and O–H groups in total. The number of benzene rings is 1. The molecule has 0 aliphatic heterocycles. The van der Waals surface area contributed by atoms with Crippen LogP contribution in [0.15, 0.2) is 30.3 Å². The first-order valence-corrected chi connectivity index (χ1v) is 8.22. The van der Waals surface area contributed by atoms with E-state index in [1.54, 1.807) is 41.5 Å². The number of carbonyl (C=O) groups excluding carboxylic acids is 3. The van der Waals surface area contributed by atoms with E-state index in [0.29, 0.717) is 11.3 Å². The Kier molecular flexibility index (Phi) is 6.73. The molecule has 1 rings (SSSR count). The molecule has 0 atom stereocenters. The Bertz CT molecular complexity index is 583. The van der Waals surface area contributed by atoms with Gasteiger partial charge in [-0.3, -0.25) is 4.79 Å². The smallest absolute Gasteiger partial charge is 0.426 e. The molecule has 3 amide bonds. The highest BCUT2D eigenvalue weighted by Crippen LogP contribution is 2.16. The summed E-state index contributed by atoms with van der Waals surface area (Å²) in [4.78, 5) is 37.6. The molecule has 0 radical (unpaired) electrons. The third-order valence-electron chi connectivity index (χ3n) is 2.87. The molecule has 0 aliphatic carbocycles. The van der Waals surface area contributed by atoms with Crippen LogP contribution in [0.1, 0.15) is 53.5 Å². The van der Waals surface area contributed by atoms with Gasteiger partial charge in [0.1, 0.15) is 11.2 Å². The van der Waals surface area contributed by atoms with Gasteiger partial charge in [-0.05, 0) is 53.5 Å². The van der Waals surface area contributed by atoms with Crippen molar-refractivity contribution in [2.24, 2.45) is 0 Å². The molecule has 6 nitrogen and oxygen atoms in total. The monoisotopic (exact) mass is 349 g/mol. The molecule has 0 saturated heterocycles. The van der Waals surface area contributed by atoms with Gasteiger partial charge in [0.05, 0.1) is 0 Å². The standard InChI is InChI=1S/C19H27NO5/c1-18(2,3)24-16(22)20(17(23)25-19(4,5)6)15(21)13-12-14-10-8-7-9-11-14/h7-11H,12-13H2,1-6H3. The van der Waals surface area contributed by atoms with Gasteiger partial charge >= 0.3 is 12.2 Å². The summed E-state index contributed by atoms with van der Waals surface area (Å²) in [6.45, 7) is 9.96. The summed E-state index contributed by atoms with van der Waals surface area (Å²) in [7, 11) is 0. The zero-order valence-electron chi connectivity index (χ0n) is 15.8. The molecule has 0 fully saturated rings. The molecule has 1 aromatic rings. The van der Waals surface area contributed by atoms with Gasteiger partial charge in [-0.2, -0.15) is 0 Å². The maximum absolute atomic E-state index is 12.5. The third-order valence-corrected chi connectivity index (χ3v) is 2.87. The van der Waals surface area contributed by atoms with Crippen molar-refractivity contribution in [1.29, 1.82) is 0 Å². The van der Waals surface area contributed by atoms with Crippen molar-refractivity contribution in [2.75, 3.05) is 0 Å². The average Bonchev–Trinajstić information content (AvgIpc) is 2.42. The number of hydrogen-bond acceptors (Lipinski definition) is 5. The largest absolute Gasteiger partial charge is 0.443 e. The number of ether oxygens (including phenoxy) is 2. The maximum atomic E-state index is 12.5. The van der Waals surface area contributed by atoms with E-state index >= 15 is 0 Å². The van der Waals surface area contributed by atoms with Crippen LogP contribution in [-0.2, 0) is 20.7 Å². The predicted octanol–water partition coefficient (Wildman–Crippen LogP) is 4.32. The molecule has 25 heavy (non-hydrogen) atoms. The third kappa shape index (κ3) is 7.83. The van der Waals surface area contributed by atoms with E-state index in [1.807, 2.05) is 30.3 Å². The van der Waals surface area contributed by atoms with Crippen LogP contribution in [-0.4, -0.2) is 34.2 Å². The van der Waals surface area contributed by atoms with Crippen LogP contribution in [0.25, 0.3) is 0 Å². The van der Waals surface area contributed by atoms with Gasteiger partial charge in [0.15, 0.2) is 0 Å². The van der Waals surface area contributed by atoms with Gasteiger partial charge in [-0.15, -0.1) is 4.90 Å². The molecule has 0 aliphatic rings. The number of imide groups is 3. The molecule has 0 aromatic heterocycles. The lowest BCUT2D eigenvalue weighted by atomic mass is 10.1. The van der Waals surface area contributed by atoms with Crippen molar-refractivity contribution in [2.45, 2.75) is 65.6 Å². The molecule has 0 unspecified atom stereocenters. The van der Waals surface area contributed by atoms with Gasteiger partial charge in [-0.25, -0.2) is 9.59 Å². The number of aryl methyl sites for hydroxylation is 1. The second-order valence-electron chi connectivity index (χ2n) is 7.68. The van der Waals surface area contributed by atoms with Crippen LogP contribution in [0.4, 0.5) is 9.59 Å². The van der Waals surface area contributed by atoms with Crippen LogP contribution in [0.5, 0.6) is 0 Å². The first-order chi connectivity index (χ1) is 11.4. The number of amides is 3. The van der Waals surface area contributed by atoms with E-state index < -0.39 is 29.3 Å². The van der Waals surface area contributed by atoms with Crippen LogP contribution in [0, 0.1) is 0 Å². The fourth-order valence-corrected chi connectivity index (χ4v) is 1.90. The number of nitrogens with zero attached hydrogens (tertiary/aromatic N) is 1. The molecule has 0 bridgehead atoms. The van der Waals surface area contributed by atoms with E-state index in [9.17, 15) is 14.4 Å². The summed E-state index contributed by atoms with van der Waals surface area (Å²) in [5.74, 6) is -0.660. The van der Waals surface area contributed by atoms with E-state index in [1.165, 1.54) is 0 Å². The number of rotatable bonds is 3. The minimum atomic E-state index is -1.03. The minimum absolute atomic E-state index is 0.0114. The highest BCUT2D eigenvalue weighted by atomic mass is 16.6. The first kappa shape index (κ1) is 20.7. The van der Waals surface area contributed by atoms with E-state index in [2.05, 4.69) is 0 Å². The highest BCUT2D eigenvalue weighted by Gasteiger charge is 2.35. The Labute approximate surface area is 149 Å². The Morgan fingerprint density at radius 1 is 0.840 bits per heavy atom. The maximum Gasteiger partial charge on any atom is 0.426 e. The minimum Gasteiger partial charge on any atom is -0.443 e. The second kappa shape index (κ2) is 8.14. The molecule has 6 heteroatoms. The SMILES string of the molecule is CC(C)(C)OC(=O)N(C(=O)CCc1ccccc1)C(=O)OC(C)(C)C. The Balaban J connectivity index is 2.90. The number of carbonyl (C=O) groups is 3. The fourth-order valence-electron chi connectivity index (χ4n) is 1.90. The van der Waals surface area contributed by atoms with Gasteiger partial charge in [0, 0.05) is 6.42 Å². The van der Waals surface area contributed by atoms with Gasteiger partial charge < -0.3 is 9.47 Å². The summed E-state index contributed by atoms with van der Waals surface area (Å²) < 4.78 is 10.3. The average molecular weight is 349 g/mol. The van der Waals surface area contributed by atoms with Crippen LogP contribution in [0.2, 0.25) is 0 Å². The normalized spacial score (nSPS) is 11.6. The summed E-state index contributed by atoms with van der Waals surface area (Å²) in [5.41, 5.74) is -0.738. The van der Waals surface area contributed by atoms with Crippen LogP contribution in [0.3, 0.4) is 0 Å². The first-order valence-electron chi connectivity index (χ1n) is 8.22. The van der Waals surface area contributed by atoms with E-state index in [4.69, 9.17) is 9.47 Å². The van der Waals surface area contributed by atoms with Crippen molar-refractivity contribution < 1.29 is 23.9 Å². The van der Waals surface area contributed by atoms with Gasteiger partial charge in [0.25, 0.3) is 0 Å². The second-order valence-corrected chi connectivity index (χ2v) is 7.68. The molecule has 138 valence electrons. The van der Waals surface area contributed by atoms with Crippen molar-refractivity contribution in [1.82, 2.24) is 4.90 Å². The van der Waals surface area contributed by atoms with Crippen molar-refractivity contribution in [3.05, 3.63) is 35.9 Å². The Morgan fingerprint density at radius 3 is 1.68 bits per heavy atom. The predicted molar refractivity (Wildman–Crippen MR) is 94.1 cm³/mol. The lowest BCUT2D eigenvalue weighted by molar-refractivity contribution is -0.129. The fraction of sp³-hybridized carbons (Fsp3) is 0.526. The van der Waals surface area contributed by atoms with Crippen molar-refractivity contribution >= 4 is 18.1 Å². The zero-order chi connectivity index (χ0) is 19.3. The molecular weight excluding hydrogens is 322 g/mol.